The molecule has 1 aliphatic carbocycles. The Hall–Kier alpha value is -1.40. The van der Waals surface area contributed by atoms with Crippen LogP contribution in [0.3, 0.4) is 0 Å². The van der Waals surface area contributed by atoms with Gasteiger partial charge in [0.05, 0.1) is 5.25 Å². The molecule has 3 N–H and O–H groups in total. The van der Waals surface area contributed by atoms with E-state index in [2.05, 4.69) is 5.32 Å². The number of anilines is 1. The monoisotopic (exact) mass is 296 g/mol. The molecule has 1 aromatic rings. The molecule has 5 nitrogen and oxygen atoms in total. The van der Waals surface area contributed by atoms with E-state index in [1.807, 2.05) is 6.07 Å². The second kappa shape index (κ2) is 6.37. The number of nitrogens with one attached hydrogen (secondary N) is 1. The van der Waals surface area contributed by atoms with Crippen molar-refractivity contribution in [1.29, 1.82) is 0 Å². The number of para-hydroxylation sites is 1. The number of carbonyl (C=O) groups is 1. The molecule has 0 bridgehead atoms. The Balaban J connectivity index is 2.02. The Morgan fingerprint density at radius 2 is 1.90 bits per heavy atom. The molecule has 1 aliphatic rings. The summed E-state index contributed by atoms with van der Waals surface area (Å²) in [5.41, 5.74) is 6.96. The van der Waals surface area contributed by atoms with E-state index >= 15 is 0 Å². The second-order valence-corrected chi connectivity index (χ2v) is 7.40. The van der Waals surface area contributed by atoms with E-state index in [9.17, 15) is 13.2 Å². The third-order valence-electron chi connectivity index (χ3n) is 3.65. The van der Waals surface area contributed by atoms with E-state index in [1.54, 1.807) is 18.2 Å². The predicted octanol–water partition coefficient (Wildman–Crippen LogP) is 1.44. The maximum absolute atomic E-state index is 12.1. The van der Waals surface area contributed by atoms with Crippen LogP contribution >= 0.6 is 0 Å². The first-order chi connectivity index (χ1) is 9.53. The fraction of sp³-hybridized carbons (Fsp3) is 0.500. The minimum atomic E-state index is -3.34. The number of hydrogen-bond acceptors (Lipinski definition) is 4. The van der Waals surface area contributed by atoms with Crippen LogP contribution in [0.2, 0.25) is 0 Å². The summed E-state index contributed by atoms with van der Waals surface area (Å²) in [6, 6.07) is 7.14. The van der Waals surface area contributed by atoms with E-state index < -0.39 is 21.5 Å². The van der Waals surface area contributed by atoms with Gasteiger partial charge in [0.15, 0.2) is 9.84 Å². The Bertz CT molecular complexity index is 578. The van der Waals surface area contributed by atoms with Gasteiger partial charge in [0, 0.05) is 12.2 Å². The van der Waals surface area contributed by atoms with Gasteiger partial charge < -0.3 is 11.1 Å². The normalized spacial score (nSPS) is 16.2. The van der Waals surface area contributed by atoms with Crippen LogP contribution in [-0.2, 0) is 21.2 Å². The smallest absolute Gasteiger partial charge is 0.239 e. The molecule has 0 saturated heterocycles. The van der Waals surface area contributed by atoms with Crippen LogP contribution in [0.5, 0.6) is 0 Å². The van der Waals surface area contributed by atoms with Crippen LogP contribution in [0.1, 0.15) is 31.2 Å². The van der Waals surface area contributed by atoms with Gasteiger partial charge in [-0.15, -0.1) is 0 Å². The van der Waals surface area contributed by atoms with Gasteiger partial charge in [-0.2, -0.15) is 0 Å². The molecule has 0 radical (unpaired) electrons. The summed E-state index contributed by atoms with van der Waals surface area (Å²) in [5.74, 6) is -0.936. The van der Waals surface area contributed by atoms with Crippen LogP contribution in [0, 0.1) is 0 Å². The van der Waals surface area contributed by atoms with Crippen molar-refractivity contribution in [3.8, 4) is 0 Å². The lowest BCUT2D eigenvalue weighted by atomic mass is 10.2. The standard InChI is InChI=1S/C14H20N2O3S/c15-9-11-5-1-4-8-13(11)16-14(17)10-20(18,19)12-6-2-3-7-12/h1,4-5,8,12H,2-3,6-7,9-10,15H2,(H,16,17). The van der Waals surface area contributed by atoms with Crippen molar-refractivity contribution in [2.24, 2.45) is 5.73 Å². The van der Waals surface area contributed by atoms with Crippen LogP contribution < -0.4 is 11.1 Å². The van der Waals surface area contributed by atoms with Gasteiger partial charge in [-0.25, -0.2) is 8.42 Å². The van der Waals surface area contributed by atoms with Gasteiger partial charge in [-0.3, -0.25) is 4.79 Å². The summed E-state index contributed by atoms with van der Waals surface area (Å²) >= 11 is 0. The van der Waals surface area contributed by atoms with E-state index in [-0.39, 0.29) is 5.25 Å². The molecule has 1 fully saturated rings. The van der Waals surface area contributed by atoms with Gasteiger partial charge in [0.1, 0.15) is 5.75 Å². The third kappa shape index (κ3) is 3.58. The molecule has 0 heterocycles. The Labute approximate surface area is 119 Å². The first-order valence-corrected chi connectivity index (χ1v) is 8.54. The van der Waals surface area contributed by atoms with Crippen LogP contribution in [-0.4, -0.2) is 25.3 Å². The highest BCUT2D eigenvalue weighted by Gasteiger charge is 2.30. The lowest BCUT2D eigenvalue weighted by Gasteiger charge is -2.12. The van der Waals surface area contributed by atoms with E-state index in [0.29, 0.717) is 25.1 Å². The number of benzene rings is 1. The van der Waals surface area contributed by atoms with E-state index in [0.717, 1.165) is 18.4 Å². The Morgan fingerprint density at radius 1 is 1.25 bits per heavy atom. The zero-order valence-corrected chi connectivity index (χ0v) is 12.2. The molecule has 110 valence electrons. The van der Waals surface area contributed by atoms with Crippen molar-refractivity contribution in [1.82, 2.24) is 0 Å². The van der Waals surface area contributed by atoms with E-state index in [1.165, 1.54) is 0 Å². The topological polar surface area (TPSA) is 89.3 Å². The zero-order valence-electron chi connectivity index (χ0n) is 11.3. The number of amides is 1. The largest absolute Gasteiger partial charge is 0.326 e. The first kappa shape index (κ1) is 15.0. The number of rotatable bonds is 5. The minimum Gasteiger partial charge on any atom is -0.326 e. The van der Waals surface area contributed by atoms with Crippen molar-refractivity contribution in [3.63, 3.8) is 0 Å². The molecule has 0 aromatic heterocycles. The molecular formula is C14H20N2O3S. The highest BCUT2D eigenvalue weighted by Crippen LogP contribution is 2.25. The summed E-state index contributed by atoms with van der Waals surface area (Å²) in [6.07, 6.45) is 3.22. The summed E-state index contributed by atoms with van der Waals surface area (Å²) in [7, 11) is -3.34. The van der Waals surface area contributed by atoms with Crippen molar-refractivity contribution in [3.05, 3.63) is 29.8 Å². The van der Waals surface area contributed by atoms with Crippen molar-refractivity contribution in [2.45, 2.75) is 37.5 Å². The quantitative estimate of drug-likeness (QED) is 0.860. The number of carbonyl (C=O) groups excluding carboxylic acids is 1. The summed E-state index contributed by atoms with van der Waals surface area (Å²) < 4.78 is 24.2. The van der Waals surface area contributed by atoms with Crippen molar-refractivity contribution in [2.75, 3.05) is 11.1 Å². The zero-order chi connectivity index (χ0) is 14.6. The Morgan fingerprint density at radius 3 is 2.55 bits per heavy atom. The van der Waals surface area contributed by atoms with Gasteiger partial charge >= 0.3 is 0 Å². The third-order valence-corrected chi connectivity index (χ3v) is 5.81. The number of hydrogen-bond donors (Lipinski definition) is 2. The molecule has 6 heteroatoms. The molecule has 0 unspecified atom stereocenters. The van der Waals surface area contributed by atoms with Crippen LogP contribution in [0.25, 0.3) is 0 Å². The molecule has 0 spiro atoms. The molecule has 1 saturated carbocycles. The average molecular weight is 296 g/mol. The number of nitrogens with two attached hydrogens (primary N) is 1. The maximum atomic E-state index is 12.1. The molecule has 1 amide bonds. The van der Waals surface area contributed by atoms with E-state index in [4.69, 9.17) is 5.73 Å². The van der Waals surface area contributed by atoms with Gasteiger partial charge in [0.25, 0.3) is 0 Å². The molecule has 2 rings (SSSR count). The Kier molecular flexibility index (Phi) is 4.77. The first-order valence-electron chi connectivity index (χ1n) is 6.82. The van der Waals surface area contributed by atoms with Gasteiger partial charge in [0.2, 0.25) is 5.91 Å². The SMILES string of the molecule is NCc1ccccc1NC(=O)CS(=O)(=O)C1CCCC1. The van der Waals surface area contributed by atoms with Crippen molar-refractivity contribution < 1.29 is 13.2 Å². The summed E-state index contributed by atoms with van der Waals surface area (Å²) in [5, 5.41) is 2.29. The summed E-state index contributed by atoms with van der Waals surface area (Å²) in [4.78, 5) is 11.9. The second-order valence-electron chi connectivity index (χ2n) is 5.12. The molecule has 0 aliphatic heterocycles. The highest BCUT2D eigenvalue weighted by molar-refractivity contribution is 7.92. The lowest BCUT2D eigenvalue weighted by Crippen LogP contribution is -2.29. The lowest BCUT2D eigenvalue weighted by molar-refractivity contribution is -0.113. The predicted molar refractivity (Wildman–Crippen MR) is 79.0 cm³/mol. The summed E-state index contributed by atoms with van der Waals surface area (Å²) in [6.45, 7) is 0.297. The molecular weight excluding hydrogens is 276 g/mol. The number of sulfone groups is 1. The van der Waals surface area contributed by atoms with Crippen LogP contribution in [0.15, 0.2) is 24.3 Å². The fourth-order valence-electron chi connectivity index (χ4n) is 2.55. The molecule has 0 atom stereocenters. The highest BCUT2D eigenvalue weighted by atomic mass is 32.2. The van der Waals surface area contributed by atoms with Crippen LogP contribution in [0.4, 0.5) is 5.69 Å². The molecule has 1 aromatic carbocycles. The average Bonchev–Trinajstić information content (AvgIpc) is 2.93. The molecule has 20 heavy (non-hydrogen) atoms. The minimum absolute atomic E-state index is 0.297. The maximum Gasteiger partial charge on any atom is 0.239 e. The fourth-order valence-corrected chi connectivity index (χ4v) is 4.28. The van der Waals surface area contributed by atoms with Gasteiger partial charge in [-0.1, -0.05) is 31.0 Å². The van der Waals surface area contributed by atoms with Crippen molar-refractivity contribution >= 4 is 21.4 Å². The van der Waals surface area contributed by atoms with Gasteiger partial charge in [-0.05, 0) is 24.5 Å².